The molecular weight excluding hydrogens is 292 g/mol. The van der Waals surface area contributed by atoms with E-state index >= 15 is 0 Å². The van der Waals surface area contributed by atoms with Gasteiger partial charge in [-0.05, 0) is 31.3 Å². The van der Waals surface area contributed by atoms with Crippen molar-refractivity contribution < 1.29 is 19.4 Å². The van der Waals surface area contributed by atoms with E-state index in [4.69, 9.17) is 4.74 Å². The average Bonchev–Trinajstić information content (AvgIpc) is 2.47. The minimum atomic E-state index is -0.992. The van der Waals surface area contributed by atoms with E-state index in [2.05, 4.69) is 5.32 Å². The maximum Gasteiger partial charge on any atom is 0.326 e. The van der Waals surface area contributed by atoms with Gasteiger partial charge in [0, 0.05) is 19.7 Å². The molecule has 0 aliphatic carbocycles. The molecule has 0 aromatic carbocycles. The Kier molecular flexibility index (Phi) is 11.2. The van der Waals surface area contributed by atoms with Crippen molar-refractivity contribution in [3.8, 4) is 0 Å². The van der Waals surface area contributed by atoms with Crippen molar-refractivity contribution in [1.29, 1.82) is 0 Å². The summed E-state index contributed by atoms with van der Waals surface area (Å²) in [5, 5.41) is 11.8. The number of carboxylic acids is 1. The first-order chi connectivity index (χ1) is 10.0. The quantitative estimate of drug-likeness (QED) is 0.609. The fraction of sp³-hybridized carbons (Fsp3) is 0.857. The van der Waals surface area contributed by atoms with Gasteiger partial charge in [-0.3, -0.25) is 0 Å². The lowest BCUT2D eigenvalue weighted by molar-refractivity contribution is -0.139. The van der Waals surface area contributed by atoms with Crippen molar-refractivity contribution in [1.82, 2.24) is 10.2 Å². The molecule has 0 rings (SSSR count). The molecule has 2 amide bonds. The minimum Gasteiger partial charge on any atom is -0.480 e. The van der Waals surface area contributed by atoms with E-state index in [0.717, 1.165) is 12.8 Å². The van der Waals surface area contributed by atoms with Crippen LogP contribution in [0.3, 0.4) is 0 Å². The van der Waals surface area contributed by atoms with Gasteiger partial charge in [0.2, 0.25) is 0 Å². The molecule has 0 spiro atoms. The van der Waals surface area contributed by atoms with Crippen LogP contribution in [0.1, 0.15) is 33.1 Å². The largest absolute Gasteiger partial charge is 0.480 e. The summed E-state index contributed by atoms with van der Waals surface area (Å²) in [5.41, 5.74) is 0. The number of methoxy groups -OCH3 is 1. The van der Waals surface area contributed by atoms with E-state index in [1.54, 1.807) is 23.8 Å². The Morgan fingerprint density at radius 1 is 1.33 bits per heavy atom. The Bertz CT molecular complexity index is 311. The molecule has 6 nitrogen and oxygen atoms in total. The van der Waals surface area contributed by atoms with Crippen molar-refractivity contribution in [2.75, 3.05) is 32.3 Å². The van der Waals surface area contributed by atoms with Crippen LogP contribution in [0.25, 0.3) is 0 Å². The number of carboxylic acid groups (broad SMARTS) is 1. The van der Waals surface area contributed by atoms with Gasteiger partial charge in [-0.2, -0.15) is 11.8 Å². The molecule has 0 bridgehead atoms. The van der Waals surface area contributed by atoms with E-state index < -0.39 is 12.0 Å². The third kappa shape index (κ3) is 7.57. The van der Waals surface area contributed by atoms with Crippen LogP contribution >= 0.6 is 11.8 Å². The van der Waals surface area contributed by atoms with Crippen LogP contribution in [0.5, 0.6) is 0 Å². The number of aliphatic carboxylic acids is 1. The SMILES string of the molecule is CCC(CC)N(CCOC)C(=O)N[C@@H](CCSC)C(=O)O. The van der Waals surface area contributed by atoms with E-state index in [1.165, 1.54) is 0 Å². The second-order valence-electron chi connectivity index (χ2n) is 4.78. The van der Waals surface area contributed by atoms with Crippen LogP contribution in [0.15, 0.2) is 0 Å². The lowest BCUT2D eigenvalue weighted by Gasteiger charge is -2.31. The number of carbonyl (C=O) groups excluding carboxylic acids is 1. The number of ether oxygens (including phenoxy) is 1. The number of thioether (sulfide) groups is 1. The molecule has 124 valence electrons. The standard InChI is InChI=1S/C14H28N2O4S/c1-5-11(6-2)16(8-9-20-3)14(19)15-12(13(17)18)7-10-21-4/h11-12H,5-10H2,1-4H3,(H,15,19)(H,17,18)/t12-/m0/s1. The highest BCUT2D eigenvalue weighted by atomic mass is 32.2. The van der Waals surface area contributed by atoms with Gasteiger partial charge >= 0.3 is 12.0 Å². The summed E-state index contributed by atoms with van der Waals surface area (Å²) in [5.74, 6) is -0.297. The Morgan fingerprint density at radius 3 is 2.38 bits per heavy atom. The number of hydrogen-bond donors (Lipinski definition) is 2. The van der Waals surface area contributed by atoms with E-state index in [9.17, 15) is 14.7 Å². The number of nitrogens with zero attached hydrogens (tertiary/aromatic N) is 1. The monoisotopic (exact) mass is 320 g/mol. The third-order valence-electron chi connectivity index (χ3n) is 3.39. The first kappa shape index (κ1) is 20.1. The highest BCUT2D eigenvalue weighted by molar-refractivity contribution is 7.98. The molecule has 1 atom stereocenters. The summed E-state index contributed by atoms with van der Waals surface area (Å²) in [6.07, 6.45) is 3.99. The Morgan fingerprint density at radius 2 is 1.95 bits per heavy atom. The number of rotatable bonds is 11. The van der Waals surface area contributed by atoms with Crippen LogP contribution in [0, 0.1) is 0 Å². The molecule has 0 radical (unpaired) electrons. The number of urea groups is 1. The topological polar surface area (TPSA) is 78.9 Å². The summed E-state index contributed by atoms with van der Waals surface area (Å²) in [7, 11) is 1.58. The fourth-order valence-corrected chi connectivity index (χ4v) is 2.57. The maximum absolute atomic E-state index is 12.4. The van der Waals surface area contributed by atoms with E-state index in [0.29, 0.717) is 25.3 Å². The second kappa shape index (κ2) is 11.7. The average molecular weight is 320 g/mol. The first-order valence-electron chi connectivity index (χ1n) is 7.29. The third-order valence-corrected chi connectivity index (χ3v) is 4.03. The summed E-state index contributed by atoms with van der Waals surface area (Å²) in [6.45, 7) is 4.93. The molecule has 0 saturated heterocycles. The van der Waals surface area contributed by atoms with Gasteiger partial charge in [-0.25, -0.2) is 9.59 Å². The lowest BCUT2D eigenvalue weighted by Crippen LogP contribution is -2.52. The van der Waals surface area contributed by atoms with Gasteiger partial charge in [-0.1, -0.05) is 13.8 Å². The zero-order valence-electron chi connectivity index (χ0n) is 13.4. The molecule has 7 heteroatoms. The lowest BCUT2D eigenvalue weighted by atomic mass is 10.1. The van der Waals surface area contributed by atoms with Gasteiger partial charge in [0.15, 0.2) is 0 Å². The predicted octanol–water partition coefficient (Wildman–Crippen LogP) is 2.04. The van der Waals surface area contributed by atoms with E-state index in [1.807, 2.05) is 20.1 Å². The zero-order valence-corrected chi connectivity index (χ0v) is 14.2. The highest BCUT2D eigenvalue weighted by Crippen LogP contribution is 2.10. The molecular formula is C14H28N2O4S. The number of amides is 2. The first-order valence-corrected chi connectivity index (χ1v) is 8.68. The van der Waals surface area contributed by atoms with Crippen LogP contribution < -0.4 is 5.32 Å². The van der Waals surface area contributed by atoms with Gasteiger partial charge in [0.05, 0.1) is 6.61 Å². The summed E-state index contributed by atoms with van der Waals surface area (Å²) < 4.78 is 5.04. The van der Waals surface area contributed by atoms with Crippen LogP contribution in [0.2, 0.25) is 0 Å². The van der Waals surface area contributed by atoms with Crippen molar-refractivity contribution in [3.63, 3.8) is 0 Å². The molecule has 0 saturated carbocycles. The van der Waals surface area contributed by atoms with E-state index in [-0.39, 0.29) is 12.1 Å². The number of nitrogens with one attached hydrogen (secondary N) is 1. The predicted molar refractivity (Wildman–Crippen MR) is 85.9 cm³/mol. The second-order valence-corrected chi connectivity index (χ2v) is 5.76. The van der Waals surface area contributed by atoms with Gasteiger partial charge in [0.1, 0.15) is 6.04 Å². The highest BCUT2D eigenvalue weighted by Gasteiger charge is 2.25. The minimum absolute atomic E-state index is 0.0927. The van der Waals surface area contributed by atoms with Crippen LogP contribution in [-0.2, 0) is 9.53 Å². The van der Waals surface area contributed by atoms with Crippen molar-refractivity contribution in [2.45, 2.75) is 45.2 Å². The normalized spacial score (nSPS) is 12.2. The molecule has 0 heterocycles. The van der Waals surface area contributed by atoms with Gasteiger partial charge < -0.3 is 20.1 Å². The van der Waals surface area contributed by atoms with Crippen molar-refractivity contribution in [2.24, 2.45) is 0 Å². The smallest absolute Gasteiger partial charge is 0.326 e. The van der Waals surface area contributed by atoms with Gasteiger partial charge in [-0.15, -0.1) is 0 Å². The van der Waals surface area contributed by atoms with Gasteiger partial charge in [0.25, 0.3) is 0 Å². The zero-order chi connectivity index (χ0) is 16.3. The number of carbonyl (C=O) groups is 2. The molecule has 0 aliphatic rings. The summed E-state index contributed by atoms with van der Waals surface area (Å²) in [4.78, 5) is 25.3. The summed E-state index contributed by atoms with van der Waals surface area (Å²) in [6, 6.07) is -1.08. The maximum atomic E-state index is 12.4. The molecule has 0 fully saturated rings. The Balaban J connectivity index is 4.78. The Labute approximate surface area is 131 Å². The van der Waals surface area contributed by atoms with Crippen LogP contribution in [-0.4, -0.2) is 66.4 Å². The molecule has 0 aromatic heterocycles. The van der Waals surface area contributed by atoms with Crippen molar-refractivity contribution >= 4 is 23.8 Å². The fourth-order valence-electron chi connectivity index (χ4n) is 2.09. The van der Waals surface area contributed by atoms with Crippen LogP contribution in [0.4, 0.5) is 4.79 Å². The molecule has 0 unspecified atom stereocenters. The molecule has 0 aromatic rings. The Hall–Kier alpha value is -0.950. The number of hydrogen-bond acceptors (Lipinski definition) is 4. The summed E-state index contributed by atoms with van der Waals surface area (Å²) >= 11 is 1.56. The molecule has 2 N–H and O–H groups in total. The molecule has 21 heavy (non-hydrogen) atoms. The van der Waals surface area contributed by atoms with Crippen molar-refractivity contribution in [3.05, 3.63) is 0 Å². The molecule has 0 aliphatic heterocycles.